The first-order valence-corrected chi connectivity index (χ1v) is 10.4. The van der Waals surface area contributed by atoms with Crippen LogP contribution in [-0.2, 0) is 16.1 Å². The lowest BCUT2D eigenvalue weighted by Gasteiger charge is -2.30. The number of carbonyl (C=O) groups is 2. The first-order chi connectivity index (χ1) is 15.9. The average molecular weight is 467 g/mol. The Bertz CT molecular complexity index is 1280. The zero-order chi connectivity index (χ0) is 23.5. The zero-order valence-electron chi connectivity index (χ0n) is 17.2. The maximum Gasteiger partial charge on any atom is 0.250 e. The van der Waals surface area contributed by atoms with Gasteiger partial charge in [0, 0.05) is 23.7 Å². The van der Waals surface area contributed by atoms with Crippen molar-refractivity contribution in [2.75, 3.05) is 9.80 Å². The number of hydrogen-bond acceptors (Lipinski definition) is 4. The van der Waals surface area contributed by atoms with Gasteiger partial charge in [-0.3, -0.25) is 14.5 Å². The molecule has 0 saturated carbocycles. The lowest BCUT2D eigenvalue weighted by Crippen LogP contribution is -2.47. The summed E-state index contributed by atoms with van der Waals surface area (Å²) >= 11 is 6.26. The van der Waals surface area contributed by atoms with Crippen molar-refractivity contribution in [3.05, 3.63) is 88.6 Å². The Hall–Kier alpha value is -3.83. The van der Waals surface area contributed by atoms with Gasteiger partial charge in [0.1, 0.15) is 23.5 Å². The van der Waals surface area contributed by atoms with Crippen LogP contribution in [0.3, 0.4) is 0 Å². The van der Waals surface area contributed by atoms with Crippen LogP contribution in [0.1, 0.15) is 24.0 Å². The highest BCUT2D eigenvalue weighted by molar-refractivity contribution is 6.31. The summed E-state index contributed by atoms with van der Waals surface area (Å²) in [7, 11) is 0. The summed E-state index contributed by atoms with van der Waals surface area (Å²) in [6.07, 6.45) is 1.60. The predicted octanol–water partition coefficient (Wildman–Crippen LogP) is 4.61. The fourth-order valence-corrected chi connectivity index (χ4v) is 3.97. The molecule has 1 aromatic heterocycles. The molecule has 4 rings (SSSR count). The standard InChI is InChI=1S/C24H17ClF2N4O2/c25-18-4-2-1-3-16(18)14-30(21-12-17(26)5-6-19(21)27)24(33)20-7-8-23(32)31(20)22-11-15(13-28)9-10-29-22/h1-6,9-12,20H,7-8,14H2. The SMILES string of the molecule is N#Cc1ccnc(N2C(=O)CCC2C(=O)N(Cc2ccccc2Cl)c2cc(F)ccc2F)c1. The Labute approximate surface area is 193 Å². The second-order valence-corrected chi connectivity index (χ2v) is 7.85. The van der Waals surface area contributed by atoms with Gasteiger partial charge in [-0.1, -0.05) is 29.8 Å². The minimum Gasteiger partial charge on any atom is -0.303 e. The van der Waals surface area contributed by atoms with Crippen molar-refractivity contribution < 1.29 is 18.4 Å². The molecule has 1 aliphatic heterocycles. The molecule has 2 aromatic carbocycles. The van der Waals surface area contributed by atoms with Crippen LogP contribution in [0, 0.1) is 23.0 Å². The summed E-state index contributed by atoms with van der Waals surface area (Å²) in [5.74, 6) is -2.33. The Balaban J connectivity index is 1.76. The zero-order valence-corrected chi connectivity index (χ0v) is 18.0. The Morgan fingerprint density at radius 3 is 2.76 bits per heavy atom. The van der Waals surface area contributed by atoms with E-state index in [2.05, 4.69) is 4.98 Å². The quantitative estimate of drug-likeness (QED) is 0.550. The van der Waals surface area contributed by atoms with Crippen molar-refractivity contribution in [1.29, 1.82) is 5.26 Å². The van der Waals surface area contributed by atoms with Gasteiger partial charge in [-0.2, -0.15) is 5.26 Å². The number of carbonyl (C=O) groups excluding carboxylic acids is 2. The maximum absolute atomic E-state index is 14.7. The molecule has 3 aromatic rings. The van der Waals surface area contributed by atoms with Gasteiger partial charge in [0.05, 0.1) is 23.9 Å². The summed E-state index contributed by atoms with van der Waals surface area (Å²) in [6.45, 7) is -0.136. The minimum atomic E-state index is -1.01. The first kappa shape index (κ1) is 22.4. The number of rotatable bonds is 5. The molecular weight excluding hydrogens is 450 g/mol. The van der Waals surface area contributed by atoms with E-state index in [1.54, 1.807) is 24.3 Å². The molecule has 2 heterocycles. The molecule has 166 valence electrons. The summed E-state index contributed by atoms with van der Waals surface area (Å²) in [5.41, 5.74) is 0.532. The molecule has 0 radical (unpaired) electrons. The molecule has 1 saturated heterocycles. The van der Waals surface area contributed by atoms with E-state index in [-0.39, 0.29) is 42.4 Å². The van der Waals surface area contributed by atoms with Crippen molar-refractivity contribution in [3.8, 4) is 6.07 Å². The van der Waals surface area contributed by atoms with Gasteiger partial charge < -0.3 is 4.90 Å². The van der Waals surface area contributed by atoms with Crippen LogP contribution < -0.4 is 9.80 Å². The van der Waals surface area contributed by atoms with E-state index in [1.165, 1.54) is 23.2 Å². The second-order valence-electron chi connectivity index (χ2n) is 7.44. The lowest BCUT2D eigenvalue weighted by atomic mass is 10.1. The summed E-state index contributed by atoms with van der Waals surface area (Å²) < 4.78 is 28.8. The molecule has 0 bridgehead atoms. The number of pyridine rings is 1. The number of benzene rings is 2. The van der Waals surface area contributed by atoms with E-state index in [4.69, 9.17) is 11.6 Å². The highest BCUT2D eigenvalue weighted by Gasteiger charge is 2.41. The average Bonchev–Trinajstić information content (AvgIpc) is 3.21. The minimum absolute atomic E-state index is 0.0699. The van der Waals surface area contributed by atoms with Gasteiger partial charge in [-0.05, 0) is 42.3 Å². The fraction of sp³-hybridized carbons (Fsp3) is 0.167. The largest absolute Gasteiger partial charge is 0.303 e. The number of aromatic nitrogens is 1. The third-order valence-electron chi connectivity index (χ3n) is 5.37. The third kappa shape index (κ3) is 4.54. The Kier molecular flexibility index (Phi) is 6.33. The fourth-order valence-electron chi connectivity index (χ4n) is 3.78. The molecule has 9 heteroatoms. The van der Waals surface area contributed by atoms with E-state index in [1.807, 2.05) is 6.07 Å². The molecule has 0 aliphatic carbocycles. The van der Waals surface area contributed by atoms with Gasteiger partial charge in [0.25, 0.3) is 5.91 Å². The predicted molar refractivity (Wildman–Crippen MR) is 118 cm³/mol. The Morgan fingerprint density at radius 1 is 1.21 bits per heavy atom. The first-order valence-electron chi connectivity index (χ1n) is 10.1. The molecule has 6 nitrogen and oxygen atoms in total. The van der Waals surface area contributed by atoms with Crippen molar-refractivity contribution >= 4 is 34.9 Å². The summed E-state index contributed by atoms with van der Waals surface area (Å²) in [5, 5.41) is 9.54. The summed E-state index contributed by atoms with van der Waals surface area (Å²) in [4.78, 5) is 32.8. The van der Waals surface area contributed by atoms with Gasteiger partial charge in [-0.25, -0.2) is 13.8 Å². The Morgan fingerprint density at radius 2 is 2.00 bits per heavy atom. The van der Waals surface area contributed by atoms with Crippen molar-refractivity contribution in [2.24, 2.45) is 0 Å². The molecule has 0 N–H and O–H groups in total. The van der Waals surface area contributed by atoms with Gasteiger partial charge in [0.2, 0.25) is 5.91 Å². The molecule has 0 spiro atoms. The molecule has 2 amide bonds. The number of hydrogen-bond donors (Lipinski definition) is 0. The molecule has 1 unspecified atom stereocenters. The van der Waals surface area contributed by atoms with Crippen molar-refractivity contribution in [2.45, 2.75) is 25.4 Å². The van der Waals surface area contributed by atoms with E-state index >= 15 is 0 Å². The molecule has 1 fully saturated rings. The van der Waals surface area contributed by atoms with Crippen molar-refractivity contribution in [1.82, 2.24) is 4.98 Å². The second kappa shape index (κ2) is 9.35. The molecule has 33 heavy (non-hydrogen) atoms. The van der Waals surface area contributed by atoms with Gasteiger partial charge in [0.15, 0.2) is 0 Å². The van der Waals surface area contributed by atoms with Crippen molar-refractivity contribution in [3.63, 3.8) is 0 Å². The number of halogens is 3. The molecular formula is C24H17ClF2N4O2. The van der Waals surface area contributed by atoms with E-state index in [0.717, 1.165) is 23.1 Å². The summed E-state index contributed by atoms with van der Waals surface area (Å²) in [6, 6.07) is 13.4. The van der Waals surface area contributed by atoms with E-state index < -0.39 is 23.6 Å². The highest BCUT2D eigenvalue weighted by Crippen LogP contribution is 2.31. The van der Waals surface area contributed by atoms with Crippen LogP contribution >= 0.6 is 11.6 Å². The van der Waals surface area contributed by atoms with Crippen LogP contribution in [0.5, 0.6) is 0 Å². The molecule has 1 aliphatic rings. The van der Waals surface area contributed by atoms with Gasteiger partial charge in [-0.15, -0.1) is 0 Å². The van der Waals surface area contributed by atoms with Crippen LogP contribution in [0.2, 0.25) is 5.02 Å². The lowest BCUT2D eigenvalue weighted by molar-refractivity contribution is -0.122. The number of nitrogens with zero attached hydrogens (tertiary/aromatic N) is 4. The van der Waals surface area contributed by atoms with Crippen LogP contribution in [0.4, 0.5) is 20.3 Å². The van der Waals surface area contributed by atoms with Crippen LogP contribution in [0.15, 0.2) is 60.8 Å². The van der Waals surface area contributed by atoms with Crippen LogP contribution in [-0.4, -0.2) is 22.8 Å². The number of nitriles is 1. The normalized spacial score (nSPS) is 15.4. The topological polar surface area (TPSA) is 77.3 Å². The number of anilines is 2. The van der Waals surface area contributed by atoms with E-state index in [9.17, 15) is 23.6 Å². The monoisotopic (exact) mass is 466 g/mol. The molecule has 1 atom stereocenters. The smallest absolute Gasteiger partial charge is 0.250 e. The van der Waals surface area contributed by atoms with E-state index in [0.29, 0.717) is 10.6 Å². The number of amides is 2. The van der Waals surface area contributed by atoms with Gasteiger partial charge >= 0.3 is 0 Å². The highest BCUT2D eigenvalue weighted by atomic mass is 35.5. The maximum atomic E-state index is 14.7. The van der Waals surface area contributed by atoms with Crippen LogP contribution in [0.25, 0.3) is 0 Å². The third-order valence-corrected chi connectivity index (χ3v) is 5.74.